The Labute approximate surface area is 619 Å². The van der Waals surface area contributed by atoms with Gasteiger partial charge in [0.25, 0.3) is 0 Å². The van der Waals surface area contributed by atoms with Crippen molar-refractivity contribution >= 4 is 39.5 Å². The number of aliphatic hydroxyl groups excluding tert-OH is 1. The van der Waals surface area contributed by atoms with E-state index in [2.05, 4.69) is 137 Å². The summed E-state index contributed by atoms with van der Waals surface area (Å²) in [6, 6.07) is 0. The fourth-order valence-electron chi connectivity index (χ4n) is 10.3. The third-order valence-electron chi connectivity index (χ3n) is 16.4. The van der Waals surface area contributed by atoms with Crippen LogP contribution in [0, 0.1) is 0 Å². The number of hydrogen-bond donors (Lipinski definition) is 3. The van der Waals surface area contributed by atoms with Gasteiger partial charge in [0.15, 0.2) is 12.2 Å². The fourth-order valence-corrected chi connectivity index (χ4v) is 11.8. The zero-order valence-corrected chi connectivity index (χ0v) is 65.8. The SMILES string of the molecule is CCCCC/C=C\C/C=C\C/C=C\C/C=C\CCCC(=O)O[C@H](COC(=O)CCCCCCC/C=C\C/C=C\CCCCC)COP(=O)(O)OC[C@@H](O)COP(=O)(O)OC[C@@H](COC(=O)CCCCCCC/C=C\C=C/CCCCCC)OC(=O)CCCCCCC/C=C\C/C=C\CCCCC. The highest BCUT2D eigenvalue weighted by atomic mass is 31.2. The number of esters is 4. The lowest BCUT2D eigenvalue weighted by molar-refractivity contribution is -0.161. The summed E-state index contributed by atoms with van der Waals surface area (Å²) in [7, 11) is -9.99. The van der Waals surface area contributed by atoms with Gasteiger partial charge >= 0.3 is 39.5 Å². The Morgan fingerprint density at radius 1 is 0.284 bits per heavy atom. The highest BCUT2D eigenvalue weighted by Gasteiger charge is 2.30. The fraction of sp³-hybridized carbons (Fsp3) is 0.711. The monoisotopic (exact) mass is 1470 g/mol. The number of phosphoric acid groups is 2. The molecule has 0 saturated heterocycles. The lowest BCUT2D eigenvalue weighted by Gasteiger charge is -2.21. The lowest BCUT2D eigenvalue weighted by Crippen LogP contribution is -2.30. The van der Waals surface area contributed by atoms with Gasteiger partial charge in [0.1, 0.15) is 19.3 Å². The maximum absolute atomic E-state index is 13.1. The van der Waals surface area contributed by atoms with Gasteiger partial charge < -0.3 is 33.8 Å². The molecule has 19 heteroatoms. The molecule has 2 unspecified atom stereocenters. The number of rotatable bonds is 74. The van der Waals surface area contributed by atoms with E-state index in [1.54, 1.807) is 0 Å². The topological polar surface area (TPSA) is 237 Å². The minimum Gasteiger partial charge on any atom is -0.462 e. The van der Waals surface area contributed by atoms with Crippen LogP contribution in [-0.2, 0) is 65.4 Å². The minimum atomic E-state index is -5.00. The Morgan fingerprint density at radius 3 is 0.853 bits per heavy atom. The zero-order valence-electron chi connectivity index (χ0n) is 64.0. The molecule has 0 radical (unpaired) electrons. The molecule has 0 aromatic carbocycles. The van der Waals surface area contributed by atoms with Crippen molar-refractivity contribution in [3.63, 3.8) is 0 Å². The van der Waals surface area contributed by atoms with Gasteiger partial charge in [-0.2, -0.15) is 0 Å². The first-order valence-corrected chi connectivity index (χ1v) is 42.8. The lowest BCUT2D eigenvalue weighted by atomic mass is 10.1. The molecule has 0 aliphatic carbocycles. The van der Waals surface area contributed by atoms with Crippen LogP contribution in [0.2, 0.25) is 0 Å². The molecule has 0 spiro atoms. The summed E-state index contributed by atoms with van der Waals surface area (Å²) < 4.78 is 68.5. The number of aliphatic hydroxyl groups is 1. The van der Waals surface area contributed by atoms with Gasteiger partial charge in [0.05, 0.1) is 26.4 Å². The molecule has 17 nitrogen and oxygen atoms in total. The third kappa shape index (κ3) is 73.8. The number of carbonyl (C=O) groups excluding carboxylic acids is 4. The largest absolute Gasteiger partial charge is 0.472 e. The second kappa shape index (κ2) is 74.7. The smallest absolute Gasteiger partial charge is 0.462 e. The van der Waals surface area contributed by atoms with E-state index in [0.717, 1.165) is 154 Å². The maximum Gasteiger partial charge on any atom is 0.472 e. The van der Waals surface area contributed by atoms with Crippen molar-refractivity contribution in [1.29, 1.82) is 0 Å². The number of ether oxygens (including phenoxy) is 4. The number of unbranched alkanes of at least 4 members (excludes halogenated alkanes) is 29. The van der Waals surface area contributed by atoms with E-state index >= 15 is 0 Å². The molecular weight excluding hydrogens is 1330 g/mol. The van der Waals surface area contributed by atoms with Gasteiger partial charge in [-0.05, 0) is 154 Å². The van der Waals surface area contributed by atoms with Crippen LogP contribution in [0.25, 0.3) is 0 Å². The molecule has 0 heterocycles. The van der Waals surface area contributed by atoms with Crippen molar-refractivity contribution in [1.82, 2.24) is 0 Å². The van der Waals surface area contributed by atoms with Crippen LogP contribution in [-0.4, -0.2) is 96.7 Å². The molecule has 102 heavy (non-hydrogen) atoms. The van der Waals surface area contributed by atoms with Crippen molar-refractivity contribution in [2.24, 2.45) is 0 Å². The first-order valence-electron chi connectivity index (χ1n) is 39.8. The number of carbonyl (C=O) groups is 4. The Kier molecular flexibility index (Phi) is 71.4. The van der Waals surface area contributed by atoms with Crippen LogP contribution >= 0.6 is 15.6 Å². The van der Waals surface area contributed by atoms with Crippen LogP contribution in [0.5, 0.6) is 0 Å². The van der Waals surface area contributed by atoms with Crippen molar-refractivity contribution in [3.8, 4) is 0 Å². The summed E-state index contributed by atoms with van der Waals surface area (Å²) in [5.74, 6) is -2.28. The first-order chi connectivity index (χ1) is 49.7. The summed E-state index contributed by atoms with van der Waals surface area (Å²) in [5.41, 5.74) is 0. The summed E-state index contributed by atoms with van der Waals surface area (Å²) in [6.07, 6.45) is 81.8. The molecule has 0 fully saturated rings. The molecule has 5 atom stereocenters. The molecular formula is C83H142O17P2. The Morgan fingerprint density at radius 2 is 0.520 bits per heavy atom. The van der Waals surface area contributed by atoms with Gasteiger partial charge in [0, 0.05) is 25.7 Å². The quantitative estimate of drug-likeness (QED) is 0.0128. The highest BCUT2D eigenvalue weighted by molar-refractivity contribution is 7.47. The zero-order chi connectivity index (χ0) is 74.6. The third-order valence-corrected chi connectivity index (χ3v) is 18.3. The maximum atomic E-state index is 13.1. The van der Waals surface area contributed by atoms with Gasteiger partial charge in [0.2, 0.25) is 0 Å². The molecule has 586 valence electrons. The first kappa shape index (κ1) is 97.5. The molecule has 0 aliphatic heterocycles. The second-order valence-corrected chi connectivity index (χ2v) is 29.2. The number of allylic oxidation sites excluding steroid dienone is 20. The van der Waals surface area contributed by atoms with Crippen molar-refractivity contribution < 1.29 is 80.2 Å². The van der Waals surface area contributed by atoms with Crippen LogP contribution in [0.1, 0.15) is 323 Å². The molecule has 0 aromatic heterocycles. The second-order valence-electron chi connectivity index (χ2n) is 26.3. The van der Waals surface area contributed by atoms with Gasteiger partial charge in [-0.25, -0.2) is 9.13 Å². The van der Waals surface area contributed by atoms with Crippen LogP contribution in [0.4, 0.5) is 0 Å². The van der Waals surface area contributed by atoms with Gasteiger partial charge in [-0.15, -0.1) is 0 Å². The highest BCUT2D eigenvalue weighted by Crippen LogP contribution is 2.45. The van der Waals surface area contributed by atoms with E-state index in [1.165, 1.54) is 83.5 Å². The van der Waals surface area contributed by atoms with Gasteiger partial charge in [-0.3, -0.25) is 37.3 Å². The Bertz CT molecular complexity index is 2410. The normalized spacial score (nSPS) is 14.5. The van der Waals surface area contributed by atoms with Crippen LogP contribution in [0.15, 0.2) is 122 Å². The van der Waals surface area contributed by atoms with Crippen LogP contribution in [0.3, 0.4) is 0 Å². The molecule has 3 N–H and O–H groups in total. The Balaban J connectivity index is 5.45. The van der Waals surface area contributed by atoms with Gasteiger partial charge in [-0.1, -0.05) is 265 Å². The summed E-state index contributed by atoms with van der Waals surface area (Å²) >= 11 is 0. The molecule has 0 saturated carbocycles. The van der Waals surface area contributed by atoms with E-state index < -0.39 is 97.5 Å². The molecule has 0 aromatic rings. The van der Waals surface area contributed by atoms with E-state index in [9.17, 15) is 43.2 Å². The van der Waals surface area contributed by atoms with E-state index in [1.807, 2.05) is 12.2 Å². The average molecular weight is 1470 g/mol. The van der Waals surface area contributed by atoms with Crippen molar-refractivity contribution in [3.05, 3.63) is 122 Å². The Hall–Kier alpha value is -4.54. The van der Waals surface area contributed by atoms with Crippen molar-refractivity contribution in [2.45, 2.75) is 341 Å². The molecule has 0 amide bonds. The summed E-state index contributed by atoms with van der Waals surface area (Å²) in [6.45, 7) is 4.67. The summed E-state index contributed by atoms with van der Waals surface area (Å²) in [4.78, 5) is 73.0. The predicted molar refractivity (Wildman–Crippen MR) is 418 cm³/mol. The number of hydrogen-bond acceptors (Lipinski definition) is 15. The molecule has 0 bridgehead atoms. The average Bonchev–Trinajstić information content (AvgIpc) is 0.917. The minimum absolute atomic E-state index is 0.0136. The standard InChI is InChI=1S/C83H142O17P2/c1-5-9-13-17-21-25-29-33-37-38-42-46-50-54-58-62-66-70-83(88)100-79(74-94-81(86)68-64-60-56-52-48-44-40-35-31-27-23-19-15-11-7-3)76-98-102(91,92)96-72-77(84)71-95-101(89,90)97-75-78(99-82(87)69-65-61-57-53-49-45-41-36-32-28-24-20-16-12-8-4)73-93-80(85)67-63-59-55-51-47-43-39-34-30-26-22-18-14-10-6-2/h21,23-28,30,33-37,39-42,46,54,58,77-79,84H,5-20,22,29,31-32,38,43-45,47-53,55-57,59-76H2,1-4H3,(H,89,90)(H,91,92)/b25-21-,27-23-,28-24-,30-26-,37-33-,39-34-,40-35-,41-36-,46-42-,58-54-/t77-,78+,79+/m0/s1. The predicted octanol–water partition coefficient (Wildman–Crippen LogP) is 23.1. The summed E-state index contributed by atoms with van der Waals surface area (Å²) in [5, 5.41) is 10.6. The van der Waals surface area contributed by atoms with Crippen LogP contribution < -0.4 is 0 Å². The van der Waals surface area contributed by atoms with E-state index in [0.29, 0.717) is 32.1 Å². The van der Waals surface area contributed by atoms with E-state index in [-0.39, 0.29) is 25.7 Å². The van der Waals surface area contributed by atoms with E-state index in [4.69, 9.17) is 37.0 Å². The molecule has 0 rings (SSSR count). The van der Waals surface area contributed by atoms with Crippen molar-refractivity contribution in [2.75, 3.05) is 39.6 Å². The molecule has 0 aliphatic rings. The number of phosphoric ester groups is 2.